The molecule has 2 aromatic rings. The second kappa shape index (κ2) is 8.36. The van der Waals surface area contributed by atoms with Crippen LogP contribution in [0.25, 0.3) is 0 Å². The highest BCUT2D eigenvalue weighted by Gasteiger charge is 2.09. The Morgan fingerprint density at radius 3 is 2.42 bits per heavy atom. The number of hydrogen-bond donors (Lipinski definition) is 3. The molecule has 2 aromatic carbocycles. The fourth-order valence-corrected chi connectivity index (χ4v) is 2.16. The van der Waals surface area contributed by atoms with E-state index in [0.29, 0.717) is 16.3 Å². The zero-order valence-electron chi connectivity index (χ0n) is 13.6. The van der Waals surface area contributed by atoms with Gasteiger partial charge in [0.25, 0.3) is 5.91 Å². The average Bonchev–Trinajstić information content (AvgIpc) is 2.54. The zero-order chi connectivity index (χ0) is 17.5. The number of rotatable bonds is 6. The average molecular weight is 346 g/mol. The van der Waals surface area contributed by atoms with Crippen molar-refractivity contribution in [2.45, 2.75) is 19.9 Å². The number of anilines is 2. The fourth-order valence-electron chi connectivity index (χ4n) is 2.04. The molecule has 0 fully saturated rings. The van der Waals surface area contributed by atoms with Crippen LogP contribution in [-0.2, 0) is 4.79 Å². The van der Waals surface area contributed by atoms with Crippen LogP contribution >= 0.6 is 11.6 Å². The summed E-state index contributed by atoms with van der Waals surface area (Å²) in [6.45, 7) is 3.90. The second-order valence-corrected chi connectivity index (χ2v) is 6.05. The maximum absolute atomic E-state index is 12.0. The standard InChI is InChI=1S/C18H20ClN3O2/c1-12(2)21-18(24)13-4-3-5-16(10-13)22-17(23)11-20-15-8-6-14(19)7-9-15/h3-10,12,20H,11H2,1-2H3,(H,21,24)(H,22,23). The van der Waals surface area contributed by atoms with Gasteiger partial charge in [-0.1, -0.05) is 17.7 Å². The van der Waals surface area contributed by atoms with Crippen LogP contribution in [0, 0.1) is 0 Å². The minimum atomic E-state index is -0.202. The summed E-state index contributed by atoms with van der Waals surface area (Å²) in [7, 11) is 0. The third kappa shape index (κ3) is 5.59. The first-order valence-electron chi connectivity index (χ1n) is 7.64. The van der Waals surface area contributed by atoms with Crippen molar-refractivity contribution in [3.05, 3.63) is 59.1 Å². The van der Waals surface area contributed by atoms with Crippen LogP contribution < -0.4 is 16.0 Å². The van der Waals surface area contributed by atoms with Gasteiger partial charge in [-0.3, -0.25) is 9.59 Å². The molecule has 126 valence electrons. The first kappa shape index (κ1) is 17.8. The Morgan fingerprint density at radius 2 is 1.75 bits per heavy atom. The van der Waals surface area contributed by atoms with E-state index in [0.717, 1.165) is 5.69 Å². The molecule has 0 aliphatic carbocycles. The monoisotopic (exact) mass is 345 g/mol. The van der Waals surface area contributed by atoms with Gasteiger partial charge in [-0.25, -0.2) is 0 Å². The number of carbonyl (C=O) groups is 2. The molecule has 0 saturated carbocycles. The molecule has 0 bridgehead atoms. The van der Waals surface area contributed by atoms with Gasteiger partial charge >= 0.3 is 0 Å². The Labute approximate surface area is 146 Å². The number of benzene rings is 2. The van der Waals surface area contributed by atoms with Gasteiger partial charge in [-0.2, -0.15) is 0 Å². The summed E-state index contributed by atoms with van der Waals surface area (Å²) < 4.78 is 0. The van der Waals surface area contributed by atoms with Crippen LogP contribution in [0.3, 0.4) is 0 Å². The number of amides is 2. The van der Waals surface area contributed by atoms with Gasteiger partial charge in [-0.15, -0.1) is 0 Å². The maximum atomic E-state index is 12.0. The van der Waals surface area contributed by atoms with Crippen molar-refractivity contribution in [2.24, 2.45) is 0 Å². The number of carbonyl (C=O) groups excluding carboxylic acids is 2. The number of hydrogen-bond acceptors (Lipinski definition) is 3. The quantitative estimate of drug-likeness (QED) is 0.750. The van der Waals surface area contributed by atoms with Crippen LogP contribution in [0.15, 0.2) is 48.5 Å². The number of nitrogens with one attached hydrogen (secondary N) is 3. The predicted molar refractivity (Wildman–Crippen MR) is 97.6 cm³/mol. The lowest BCUT2D eigenvalue weighted by Gasteiger charge is -2.11. The molecule has 0 radical (unpaired) electrons. The van der Waals surface area contributed by atoms with Crippen molar-refractivity contribution < 1.29 is 9.59 Å². The summed E-state index contributed by atoms with van der Waals surface area (Å²) in [5, 5.41) is 9.23. The van der Waals surface area contributed by atoms with Gasteiger partial charge in [0.1, 0.15) is 0 Å². The van der Waals surface area contributed by atoms with E-state index >= 15 is 0 Å². The van der Waals surface area contributed by atoms with Crippen molar-refractivity contribution in [1.29, 1.82) is 0 Å². The van der Waals surface area contributed by atoms with Crippen LogP contribution in [0.5, 0.6) is 0 Å². The Hall–Kier alpha value is -2.53. The first-order chi connectivity index (χ1) is 11.4. The van der Waals surface area contributed by atoms with E-state index in [1.165, 1.54) is 0 Å². The molecule has 0 spiro atoms. The maximum Gasteiger partial charge on any atom is 0.251 e. The lowest BCUT2D eigenvalue weighted by molar-refractivity contribution is -0.114. The summed E-state index contributed by atoms with van der Waals surface area (Å²) in [6, 6.07) is 14.0. The number of halogens is 1. The lowest BCUT2D eigenvalue weighted by atomic mass is 10.1. The van der Waals surface area contributed by atoms with E-state index in [-0.39, 0.29) is 24.4 Å². The molecule has 0 heterocycles. The van der Waals surface area contributed by atoms with E-state index in [9.17, 15) is 9.59 Å². The largest absolute Gasteiger partial charge is 0.376 e. The third-order valence-corrected chi connectivity index (χ3v) is 3.38. The minimum absolute atomic E-state index is 0.0549. The normalized spacial score (nSPS) is 10.3. The van der Waals surface area contributed by atoms with Crippen molar-refractivity contribution in [2.75, 3.05) is 17.2 Å². The summed E-state index contributed by atoms with van der Waals surface area (Å²) in [6.07, 6.45) is 0. The van der Waals surface area contributed by atoms with Gasteiger partial charge in [0, 0.05) is 28.0 Å². The van der Waals surface area contributed by atoms with Gasteiger partial charge in [0.05, 0.1) is 6.54 Å². The highest BCUT2D eigenvalue weighted by atomic mass is 35.5. The van der Waals surface area contributed by atoms with E-state index in [1.54, 1.807) is 48.5 Å². The van der Waals surface area contributed by atoms with Crippen LogP contribution in [0.2, 0.25) is 5.02 Å². The van der Waals surface area contributed by atoms with Crippen LogP contribution in [0.1, 0.15) is 24.2 Å². The molecule has 0 unspecified atom stereocenters. The van der Waals surface area contributed by atoms with Crippen molar-refractivity contribution in [3.8, 4) is 0 Å². The molecule has 5 nitrogen and oxygen atoms in total. The summed E-state index contributed by atoms with van der Waals surface area (Å²) >= 11 is 5.81. The summed E-state index contributed by atoms with van der Waals surface area (Å²) in [4.78, 5) is 24.0. The van der Waals surface area contributed by atoms with E-state index in [2.05, 4.69) is 16.0 Å². The van der Waals surface area contributed by atoms with E-state index in [4.69, 9.17) is 11.6 Å². The Kier molecular flexibility index (Phi) is 6.21. The van der Waals surface area contributed by atoms with Crippen LogP contribution in [0.4, 0.5) is 11.4 Å². The van der Waals surface area contributed by atoms with Crippen LogP contribution in [-0.4, -0.2) is 24.4 Å². The molecule has 0 saturated heterocycles. The SMILES string of the molecule is CC(C)NC(=O)c1cccc(NC(=O)CNc2ccc(Cl)cc2)c1. The van der Waals surface area contributed by atoms with Gasteiger partial charge in [-0.05, 0) is 56.3 Å². The molecule has 0 atom stereocenters. The van der Waals surface area contributed by atoms with Gasteiger partial charge < -0.3 is 16.0 Å². The van der Waals surface area contributed by atoms with Gasteiger partial charge in [0.15, 0.2) is 0 Å². The highest BCUT2D eigenvalue weighted by Crippen LogP contribution is 2.14. The van der Waals surface area contributed by atoms with E-state index < -0.39 is 0 Å². The topological polar surface area (TPSA) is 70.2 Å². The molecule has 3 N–H and O–H groups in total. The molecule has 2 amide bonds. The third-order valence-electron chi connectivity index (χ3n) is 3.13. The molecule has 0 aliphatic rings. The first-order valence-corrected chi connectivity index (χ1v) is 8.02. The smallest absolute Gasteiger partial charge is 0.251 e. The molecule has 0 aliphatic heterocycles. The van der Waals surface area contributed by atoms with E-state index in [1.807, 2.05) is 13.8 Å². The summed E-state index contributed by atoms with van der Waals surface area (Å²) in [5.41, 5.74) is 1.89. The Balaban J connectivity index is 1.91. The molecule has 24 heavy (non-hydrogen) atoms. The molecule has 0 aromatic heterocycles. The Bertz CT molecular complexity index is 714. The summed E-state index contributed by atoms with van der Waals surface area (Å²) in [5.74, 6) is -0.369. The van der Waals surface area contributed by atoms with Crippen molar-refractivity contribution in [1.82, 2.24) is 5.32 Å². The minimum Gasteiger partial charge on any atom is -0.376 e. The molecule has 6 heteroatoms. The molecule has 2 rings (SSSR count). The highest BCUT2D eigenvalue weighted by molar-refractivity contribution is 6.30. The molecular weight excluding hydrogens is 326 g/mol. The van der Waals surface area contributed by atoms with Crippen molar-refractivity contribution in [3.63, 3.8) is 0 Å². The molecular formula is C18H20ClN3O2. The predicted octanol–water partition coefficient (Wildman–Crippen LogP) is 3.53. The fraction of sp³-hybridized carbons (Fsp3) is 0.222. The lowest BCUT2D eigenvalue weighted by Crippen LogP contribution is -2.30. The second-order valence-electron chi connectivity index (χ2n) is 5.62. The van der Waals surface area contributed by atoms with Gasteiger partial charge in [0.2, 0.25) is 5.91 Å². The van der Waals surface area contributed by atoms with Crippen molar-refractivity contribution >= 4 is 34.8 Å². The zero-order valence-corrected chi connectivity index (χ0v) is 14.4. The Morgan fingerprint density at radius 1 is 1.04 bits per heavy atom.